The Labute approximate surface area is 166 Å². The van der Waals surface area contributed by atoms with Crippen molar-refractivity contribution >= 4 is 27.5 Å². The SMILES string of the molecule is CC(C)Oc1ccc(C(=O)OCc2nc3sc4c(c3c(=O)[nH]2)CCCC4)cc1. The maximum absolute atomic E-state index is 12.5. The molecule has 0 spiro atoms. The molecule has 0 bridgehead atoms. The van der Waals surface area contributed by atoms with Crippen molar-refractivity contribution in [2.45, 2.75) is 52.2 Å². The van der Waals surface area contributed by atoms with Crippen molar-refractivity contribution in [1.29, 1.82) is 0 Å². The summed E-state index contributed by atoms with van der Waals surface area (Å²) in [5.74, 6) is 0.596. The third-order valence-electron chi connectivity index (χ3n) is 4.68. The Balaban J connectivity index is 1.48. The molecular formula is C21H22N2O4S. The van der Waals surface area contributed by atoms with Crippen LogP contribution in [0.2, 0.25) is 0 Å². The molecule has 0 radical (unpaired) electrons. The van der Waals surface area contributed by atoms with Crippen LogP contribution in [0.15, 0.2) is 29.1 Å². The molecule has 0 saturated carbocycles. The minimum absolute atomic E-state index is 0.0681. The summed E-state index contributed by atoms with van der Waals surface area (Å²) in [5.41, 5.74) is 1.42. The molecular weight excluding hydrogens is 376 g/mol. The van der Waals surface area contributed by atoms with E-state index in [1.54, 1.807) is 35.6 Å². The lowest BCUT2D eigenvalue weighted by molar-refractivity contribution is 0.0462. The average molecular weight is 398 g/mol. The Kier molecular flexibility index (Phi) is 5.17. The monoisotopic (exact) mass is 398 g/mol. The lowest BCUT2D eigenvalue weighted by Gasteiger charge is -2.10. The molecule has 0 amide bonds. The van der Waals surface area contributed by atoms with Crippen molar-refractivity contribution in [1.82, 2.24) is 9.97 Å². The first-order valence-corrected chi connectivity index (χ1v) is 10.3. The number of carbonyl (C=O) groups excluding carboxylic acids is 1. The summed E-state index contributed by atoms with van der Waals surface area (Å²) in [5, 5.41) is 0.704. The number of carbonyl (C=O) groups is 1. The van der Waals surface area contributed by atoms with E-state index in [4.69, 9.17) is 9.47 Å². The number of aromatic nitrogens is 2. The molecule has 0 fully saturated rings. The zero-order valence-electron chi connectivity index (χ0n) is 15.9. The maximum Gasteiger partial charge on any atom is 0.338 e. The highest BCUT2D eigenvalue weighted by Crippen LogP contribution is 2.33. The summed E-state index contributed by atoms with van der Waals surface area (Å²) in [6.45, 7) is 3.81. The number of esters is 1. The molecule has 1 N–H and O–H groups in total. The number of hydrogen-bond acceptors (Lipinski definition) is 6. The number of benzene rings is 1. The predicted octanol–water partition coefficient (Wildman–Crippen LogP) is 4.01. The van der Waals surface area contributed by atoms with E-state index >= 15 is 0 Å². The first-order chi connectivity index (χ1) is 13.5. The number of hydrogen-bond donors (Lipinski definition) is 1. The number of aromatic amines is 1. The highest BCUT2D eigenvalue weighted by molar-refractivity contribution is 7.18. The van der Waals surface area contributed by atoms with E-state index in [0.29, 0.717) is 22.5 Å². The second-order valence-electron chi connectivity index (χ2n) is 7.17. The van der Waals surface area contributed by atoms with Crippen LogP contribution >= 0.6 is 11.3 Å². The lowest BCUT2D eigenvalue weighted by Crippen LogP contribution is -2.15. The lowest BCUT2D eigenvalue weighted by atomic mass is 9.97. The van der Waals surface area contributed by atoms with Gasteiger partial charge in [0.15, 0.2) is 0 Å². The number of thiophene rings is 1. The number of nitrogens with zero attached hydrogens (tertiary/aromatic N) is 1. The van der Waals surface area contributed by atoms with Crippen LogP contribution in [0.25, 0.3) is 10.2 Å². The second-order valence-corrected chi connectivity index (χ2v) is 8.25. The summed E-state index contributed by atoms with van der Waals surface area (Å²) in [4.78, 5) is 34.1. The maximum atomic E-state index is 12.5. The molecule has 1 aliphatic carbocycles. The van der Waals surface area contributed by atoms with Crippen molar-refractivity contribution in [2.24, 2.45) is 0 Å². The Morgan fingerprint density at radius 3 is 2.71 bits per heavy atom. The number of ether oxygens (including phenoxy) is 2. The van der Waals surface area contributed by atoms with Gasteiger partial charge >= 0.3 is 5.97 Å². The van der Waals surface area contributed by atoms with Crippen molar-refractivity contribution in [3.8, 4) is 5.75 Å². The number of aryl methyl sites for hydroxylation is 2. The Morgan fingerprint density at radius 2 is 1.96 bits per heavy atom. The third kappa shape index (κ3) is 3.80. The first kappa shape index (κ1) is 18.7. The second kappa shape index (κ2) is 7.75. The van der Waals surface area contributed by atoms with E-state index in [2.05, 4.69) is 9.97 Å². The molecule has 7 heteroatoms. The van der Waals surface area contributed by atoms with Crippen molar-refractivity contribution in [3.05, 3.63) is 56.4 Å². The number of nitrogens with one attached hydrogen (secondary N) is 1. The van der Waals surface area contributed by atoms with Gasteiger partial charge in [-0.05, 0) is 69.4 Å². The highest BCUT2D eigenvalue weighted by atomic mass is 32.1. The van der Waals surface area contributed by atoms with Gasteiger partial charge in [0.25, 0.3) is 5.56 Å². The average Bonchev–Trinajstić information content (AvgIpc) is 3.05. The zero-order chi connectivity index (χ0) is 19.7. The van der Waals surface area contributed by atoms with Gasteiger partial charge in [0.05, 0.1) is 17.1 Å². The molecule has 2 heterocycles. The minimum Gasteiger partial charge on any atom is -0.491 e. The molecule has 4 rings (SSSR count). The molecule has 3 aromatic rings. The van der Waals surface area contributed by atoms with Gasteiger partial charge in [-0.2, -0.15) is 0 Å². The summed E-state index contributed by atoms with van der Waals surface area (Å²) in [6, 6.07) is 6.79. The molecule has 0 unspecified atom stereocenters. The fourth-order valence-electron chi connectivity index (χ4n) is 3.44. The van der Waals surface area contributed by atoms with E-state index < -0.39 is 5.97 Å². The van der Waals surface area contributed by atoms with Crippen LogP contribution in [-0.4, -0.2) is 22.0 Å². The summed E-state index contributed by atoms with van der Waals surface area (Å²) in [7, 11) is 0. The van der Waals surface area contributed by atoms with Gasteiger partial charge in [-0.1, -0.05) is 0 Å². The van der Waals surface area contributed by atoms with Crippen LogP contribution < -0.4 is 10.3 Å². The van der Waals surface area contributed by atoms with Gasteiger partial charge in [0, 0.05) is 4.88 Å². The molecule has 1 aliphatic rings. The fourth-order valence-corrected chi connectivity index (χ4v) is 4.72. The summed E-state index contributed by atoms with van der Waals surface area (Å²) < 4.78 is 10.9. The normalized spacial score (nSPS) is 13.5. The van der Waals surface area contributed by atoms with Gasteiger partial charge < -0.3 is 14.5 Å². The highest BCUT2D eigenvalue weighted by Gasteiger charge is 2.20. The summed E-state index contributed by atoms with van der Waals surface area (Å²) >= 11 is 1.58. The quantitative estimate of drug-likeness (QED) is 0.657. The van der Waals surface area contributed by atoms with Crippen molar-refractivity contribution < 1.29 is 14.3 Å². The van der Waals surface area contributed by atoms with Crippen LogP contribution in [-0.2, 0) is 24.2 Å². The first-order valence-electron chi connectivity index (χ1n) is 9.48. The predicted molar refractivity (Wildman–Crippen MR) is 108 cm³/mol. The van der Waals surface area contributed by atoms with Crippen LogP contribution in [0.4, 0.5) is 0 Å². The Morgan fingerprint density at radius 1 is 1.21 bits per heavy atom. The molecule has 0 atom stereocenters. The van der Waals surface area contributed by atoms with Crippen LogP contribution in [0, 0.1) is 0 Å². The van der Waals surface area contributed by atoms with Crippen LogP contribution in [0.3, 0.4) is 0 Å². The smallest absolute Gasteiger partial charge is 0.338 e. The van der Waals surface area contributed by atoms with E-state index in [1.165, 1.54) is 4.88 Å². The molecule has 0 aliphatic heterocycles. The molecule has 2 aromatic heterocycles. The van der Waals surface area contributed by atoms with E-state index in [1.807, 2.05) is 13.8 Å². The van der Waals surface area contributed by atoms with Gasteiger partial charge in [-0.15, -0.1) is 11.3 Å². The van der Waals surface area contributed by atoms with Gasteiger partial charge in [-0.25, -0.2) is 9.78 Å². The molecule has 28 heavy (non-hydrogen) atoms. The number of rotatable bonds is 5. The molecule has 146 valence electrons. The van der Waals surface area contributed by atoms with Crippen molar-refractivity contribution in [3.63, 3.8) is 0 Å². The number of fused-ring (bicyclic) bond motifs is 3. The molecule has 6 nitrogen and oxygen atoms in total. The topological polar surface area (TPSA) is 81.3 Å². The fraction of sp³-hybridized carbons (Fsp3) is 0.381. The van der Waals surface area contributed by atoms with Crippen LogP contribution in [0.5, 0.6) is 5.75 Å². The molecule has 1 aromatic carbocycles. The van der Waals surface area contributed by atoms with Gasteiger partial charge in [0.1, 0.15) is 23.0 Å². The Hall–Kier alpha value is -2.67. The standard InChI is InChI=1S/C21H22N2O4S/c1-12(2)27-14-9-7-13(8-10-14)21(25)26-11-17-22-19(24)18-15-5-3-4-6-16(15)28-20(18)23-17/h7-10,12H,3-6,11H2,1-2H3,(H,22,23,24). The minimum atomic E-state index is -0.468. The third-order valence-corrected chi connectivity index (χ3v) is 5.86. The largest absolute Gasteiger partial charge is 0.491 e. The number of H-pyrrole nitrogens is 1. The van der Waals surface area contributed by atoms with E-state index in [-0.39, 0.29) is 18.3 Å². The zero-order valence-corrected chi connectivity index (χ0v) is 16.7. The summed E-state index contributed by atoms with van der Waals surface area (Å²) in [6.07, 6.45) is 4.28. The Bertz CT molecular complexity index is 1070. The van der Waals surface area contributed by atoms with E-state index in [0.717, 1.165) is 36.1 Å². The van der Waals surface area contributed by atoms with E-state index in [9.17, 15) is 9.59 Å². The van der Waals surface area contributed by atoms with Gasteiger partial charge in [0.2, 0.25) is 0 Å². The molecule has 0 saturated heterocycles. The van der Waals surface area contributed by atoms with Crippen LogP contribution in [0.1, 0.15) is 53.3 Å². The van der Waals surface area contributed by atoms with Gasteiger partial charge in [-0.3, -0.25) is 4.79 Å². The van der Waals surface area contributed by atoms with Crippen molar-refractivity contribution in [2.75, 3.05) is 0 Å².